The fourth-order valence-corrected chi connectivity index (χ4v) is 3.94. The molecule has 0 aromatic heterocycles. The Morgan fingerprint density at radius 2 is 2.04 bits per heavy atom. The van der Waals surface area contributed by atoms with Gasteiger partial charge in [0.25, 0.3) is 0 Å². The molecule has 8 heteroatoms. The van der Waals surface area contributed by atoms with Crippen molar-refractivity contribution in [1.82, 2.24) is 9.62 Å². The maximum Gasteiger partial charge on any atom is 0.238 e. The van der Waals surface area contributed by atoms with Crippen LogP contribution >= 0.6 is 0 Å². The van der Waals surface area contributed by atoms with Crippen molar-refractivity contribution in [3.8, 4) is 0 Å². The highest BCUT2D eigenvalue weighted by Crippen LogP contribution is 2.21. The standard InChI is InChI=1S/C15H22N4O3S/c1-2-23(21,22)19-9-3-4-13(19)15(20)18-10-11-5-7-12(8-6-11)14(16)17/h5-8,13H,2-4,9-10H2,1H3,(H3,16,17)(H,18,20)/t13-/m0/s1. The Morgan fingerprint density at radius 3 is 2.61 bits per heavy atom. The van der Waals surface area contributed by atoms with Gasteiger partial charge in [0.1, 0.15) is 11.9 Å². The van der Waals surface area contributed by atoms with Crippen LogP contribution in [0.1, 0.15) is 30.9 Å². The van der Waals surface area contributed by atoms with E-state index in [1.807, 2.05) is 0 Å². The van der Waals surface area contributed by atoms with Gasteiger partial charge in [-0.1, -0.05) is 24.3 Å². The molecule has 1 aliphatic heterocycles. The molecule has 1 atom stereocenters. The summed E-state index contributed by atoms with van der Waals surface area (Å²) in [5.41, 5.74) is 6.88. The molecule has 0 unspecified atom stereocenters. The summed E-state index contributed by atoms with van der Waals surface area (Å²) in [4.78, 5) is 12.3. The fourth-order valence-electron chi connectivity index (χ4n) is 2.61. The molecule has 1 aliphatic rings. The number of sulfonamides is 1. The van der Waals surface area contributed by atoms with E-state index in [-0.39, 0.29) is 17.5 Å². The van der Waals surface area contributed by atoms with Gasteiger partial charge in [-0.25, -0.2) is 8.42 Å². The highest BCUT2D eigenvalue weighted by atomic mass is 32.2. The minimum Gasteiger partial charge on any atom is -0.384 e. The first-order chi connectivity index (χ1) is 10.8. The van der Waals surface area contributed by atoms with Crippen LogP contribution in [0.3, 0.4) is 0 Å². The molecule has 1 saturated heterocycles. The van der Waals surface area contributed by atoms with E-state index in [0.29, 0.717) is 31.5 Å². The van der Waals surface area contributed by atoms with Crippen molar-refractivity contribution in [3.05, 3.63) is 35.4 Å². The van der Waals surface area contributed by atoms with E-state index in [1.54, 1.807) is 31.2 Å². The minimum atomic E-state index is -3.36. The summed E-state index contributed by atoms with van der Waals surface area (Å²) in [6, 6.07) is 6.38. The Balaban J connectivity index is 1.97. The molecule has 126 valence electrons. The molecule has 1 amide bonds. The topological polar surface area (TPSA) is 116 Å². The quantitative estimate of drug-likeness (QED) is 0.514. The van der Waals surface area contributed by atoms with E-state index in [1.165, 1.54) is 4.31 Å². The Kier molecular flexibility index (Phi) is 5.38. The van der Waals surface area contributed by atoms with Crippen LogP contribution in [0.5, 0.6) is 0 Å². The summed E-state index contributed by atoms with van der Waals surface area (Å²) in [6.07, 6.45) is 1.25. The van der Waals surface area contributed by atoms with Crippen molar-refractivity contribution in [2.45, 2.75) is 32.4 Å². The number of nitrogen functional groups attached to an aromatic ring is 1. The maximum absolute atomic E-state index is 12.3. The Morgan fingerprint density at radius 1 is 1.39 bits per heavy atom. The third-order valence-electron chi connectivity index (χ3n) is 3.96. The van der Waals surface area contributed by atoms with Gasteiger partial charge < -0.3 is 11.1 Å². The first-order valence-electron chi connectivity index (χ1n) is 7.55. The van der Waals surface area contributed by atoms with Gasteiger partial charge in [-0.3, -0.25) is 10.2 Å². The van der Waals surface area contributed by atoms with Gasteiger partial charge >= 0.3 is 0 Å². The first kappa shape index (κ1) is 17.4. The summed E-state index contributed by atoms with van der Waals surface area (Å²) < 4.78 is 25.3. The lowest BCUT2D eigenvalue weighted by Crippen LogP contribution is -2.46. The van der Waals surface area contributed by atoms with Gasteiger partial charge in [0.15, 0.2) is 0 Å². The van der Waals surface area contributed by atoms with E-state index in [4.69, 9.17) is 11.1 Å². The summed E-state index contributed by atoms with van der Waals surface area (Å²) in [5.74, 6) is -0.273. The molecule has 7 nitrogen and oxygen atoms in total. The molecule has 4 N–H and O–H groups in total. The van der Waals surface area contributed by atoms with Crippen LogP contribution in [0.4, 0.5) is 0 Å². The summed E-state index contributed by atoms with van der Waals surface area (Å²) in [5, 5.41) is 10.1. The van der Waals surface area contributed by atoms with E-state index in [9.17, 15) is 13.2 Å². The molecule has 1 aromatic carbocycles. The highest BCUT2D eigenvalue weighted by Gasteiger charge is 2.37. The van der Waals surface area contributed by atoms with Gasteiger partial charge in [-0.05, 0) is 25.3 Å². The average molecular weight is 338 g/mol. The second kappa shape index (κ2) is 7.10. The van der Waals surface area contributed by atoms with Crippen LogP contribution in [0, 0.1) is 5.41 Å². The van der Waals surface area contributed by atoms with Gasteiger partial charge in [0.05, 0.1) is 5.75 Å². The van der Waals surface area contributed by atoms with Crippen LogP contribution < -0.4 is 11.1 Å². The monoisotopic (exact) mass is 338 g/mol. The lowest BCUT2D eigenvalue weighted by Gasteiger charge is -2.22. The van der Waals surface area contributed by atoms with Crippen LogP contribution in [0.2, 0.25) is 0 Å². The van der Waals surface area contributed by atoms with E-state index < -0.39 is 16.1 Å². The van der Waals surface area contributed by atoms with Crippen molar-refractivity contribution < 1.29 is 13.2 Å². The number of nitrogens with zero attached hydrogens (tertiary/aromatic N) is 1. The molecule has 0 saturated carbocycles. The van der Waals surface area contributed by atoms with Crippen molar-refractivity contribution in [2.75, 3.05) is 12.3 Å². The number of carbonyl (C=O) groups is 1. The van der Waals surface area contributed by atoms with Crippen LogP contribution in [0.25, 0.3) is 0 Å². The molecule has 2 rings (SSSR count). The SMILES string of the molecule is CCS(=O)(=O)N1CCC[C@H]1C(=O)NCc1ccc(C(=N)N)cc1. The zero-order valence-electron chi connectivity index (χ0n) is 13.1. The normalized spacial score (nSPS) is 18.7. The second-order valence-corrected chi connectivity index (χ2v) is 7.71. The molecule has 0 spiro atoms. The minimum absolute atomic E-state index is 0.00326. The highest BCUT2D eigenvalue weighted by molar-refractivity contribution is 7.89. The molecule has 0 aliphatic carbocycles. The lowest BCUT2D eigenvalue weighted by molar-refractivity contribution is -0.124. The zero-order chi connectivity index (χ0) is 17.0. The number of hydrogen-bond donors (Lipinski definition) is 3. The number of nitrogens with two attached hydrogens (primary N) is 1. The van der Waals surface area contributed by atoms with Gasteiger partial charge in [0.2, 0.25) is 15.9 Å². The third kappa shape index (κ3) is 4.08. The lowest BCUT2D eigenvalue weighted by atomic mass is 10.1. The maximum atomic E-state index is 12.3. The predicted octanol–water partition coefficient (Wildman–Crippen LogP) is 0.401. The second-order valence-electron chi connectivity index (χ2n) is 5.50. The number of amidine groups is 1. The van der Waals surface area contributed by atoms with Gasteiger partial charge in [-0.2, -0.15) is 4.31 Å². The molecule has 23 heavy (non-hydrogen) atoms. The Bertz CT molecular complexity index is 685. The number of benzene rings is 1. The molecule has 0 radical (unpaired) electrons. The van der Waals surface area contributed by atoms with Crippen LogP contribution in [0.15, 0.2) is 24.3 Å². The van der Waals surface area contributed by atoms with Crippen molar-refractivity contribution in [2.24, 2.45) is 5.73 Å². The molecular formula is C15H22N4O3S. The Labute approximate surface area is 136 Å². The number of nitrogens with one attached hydrogen (secondary N) is 2. The summed E-state index contributed by atoms with van der Waals surface area (Å²) in [7, 11) is -3.36. The number of amides is 1. The average Bonchev–Trinajstić information content (AvgIpc) is 3.03. The number of hydrogen-bond acceptors (Lipinski definition) is 4. The predicted molar refractivity (Wildman–Crippen MR) is 88.5 cm³/mol. The molecular weight excluding hydrogens is 316 g/mol. The van der Waals surface area contributed by atoms with Gasteiger partial charge in [0, 0.05) is 18.7 Å². The fraction of sp³-hybridized carbons (Fsp3) is 0.467. The third-order valence-corrected chi connectivity index (χ3v) is 5.84. The molecule has 1 heterocycles. The summed E-state index contributed by atoms with van der Waals surface area (Å²) >= 11 is 0. The number of rotatable bonds is 6. The zero-order valence-corrected chi connectivity index (χ0v) is 13.9. The molecule has 1 aromatic rings. The summed E-state index contributed by atoms with van der Waals surface area (Å²) in [6.45, 7) is 2.30. The van der Waals surface area contributed by atoms with Crippen molar-refractivity contribution in [3.63, 3.8) is 0 Å². The van der Waals surface area contributed by atoms with E-state index in [2.05, 4.69) is 5.32 Å². The van der Waals surface area contributed by atoms with Crippen LogP contribution in [-0.4, -0.2) is 42.8 Å². The smallest absolute Gasteiger partial charge is 0.238 e. The first-order valence-corrected chi connectivity index (χ1v) is 9.16. The number of carbonyl (C=O) groups excluding carboxylic acids is 1. The van der Waals surface area contributed by atoms with Crippen molar-refractivity contribution >= 4 is 21.8 Å². The van der Waals surface area contributed by atoms with Gasteiger partial charge in [-0.15, -0.1) is 0 Å². The van der Waals surface area contributed by atoms with Crippen LogP contribution in [-0.2, 0) is 21.4 Å². The van der Waals surface area contributed by atoms with Crippen molar-refractivity contribution in [1.29, 1.82) is 5.41 Å². The van der Waals surface area contributed by atoms with E-state index in [0.717, 1.165) is 5.56 Å². The molecule has 0 bridgehead atoms. The molecule has 1 fully saturated rings. The Hall–Kier alpha value is -1.93. The largest absolute Gasteiger partial charge is 0.384 e. The van der Waals surface area contributed by atoms with E-state index >= 15 is 0 Å².